The third-order valence-corrected chi connectivity index (χ3v) is 5.44. The Hall–Kier alpha value is -3.22. The molecule has 0 saturated heterocycles. The molecule has 0 bridgehead atoms. The average molecular weight is 433 g/mol. The highest BCUT2D eigenvalue weighted by atomic mass is 35.5. The van der Waals surface area contributed by atoms with Gasteiger partial charge in [0.15, 0.2) is 0 Å². The predicted molar refractivity (Wildman–Crippen MR) is 123 cm³/mol. The van der Waals surface area contributed by atoms with Gasteiger partial charge in [0, 0.05) is 16.5 Å². The summed E-state index contributed by atoms with van der Waals surface area (Å²) in [6, 6.07) is 18.2. The van der Waals surface area contributed by atoms with E-state index >= 15 is 0 Å². The second-order valence-electron chi connectivity index (χ2n) is 7.82. The van der Waals surface area contributed by atoms with Gasteiger partial charge in [0.2, 0.25) is 0 Å². The molecule has 0 unspecified atom stereocenters. The topological polar surface area (TPSA) is 18.5 Å². The van der Waals surface area contributed by atoms with E-state index in [0.29, 0.717) is 23.1 Å². The molecule has 0 aromatic heterocycles. The fourth-order valence-electron chi connectivity index (χ4n) is 3.62. The molecule has 31 heavy (non-hydrogen) atoms. The first kappa shape index (κ1) is 21.0. The van der Waals surface area contributed by atoms with Crippen LogP contribution in [-0.4, -0.2) is 6.61 Å². The van der Waals surface area contributed by atoms with Crippen molar-refractivity contribution in [2.24, 2.45) is 0 Å². The van der Waals surface area contributed by atoms with Crippen LogP contribution in [0, 0.1) is 17.7 Å². The average Bonchev–Trinajstić information content (AvgIpc) is 2.72. The third-order valence-electron chi connectivity index (χ3n) is 5.13. The second-order valence-corrected chi connectivity index (χ2v) is 8.23. The molecule has 4 heteroatoms. The summed E-state index contributed by atoms with van der Waals surface area (Å²) in [5.74, 6) is 7.76. The van der Waals surface area contributed by atoms with Crippen molar-refractivity contribution in [3.05, 3.63) is 99.8 Å². The van der Waals surface area contributed by atoms with Crippen molar-refractivity contribution in [2.75, 3.05) is 6.61 Å². The fraction of sp³-hybridized carbons (Fsp3) is 0.185. The number of halogens is 2. The lowest BCUT2D eigenvalue weighted by Crippen LogP contribution is -2.21. The van der Waals surface area contributed by atoms with Crippen LogP contribution in [0.5, 0.6) is 11.5 Å². The van der Waals surface area contributed by atoms with Crippen LogP contribution in [0.4, 0.5) is 4.39 Å². The standard InChI is InChI=1S/C27H22ClFO2/c1-4-30-23-11-6-5-8-19(23)14-12-18-13-15-20-24(16-18)31-25(17-27(20,2)3)26-21(28)9-7-10-22(26)29/h5-11,13,15-17H,4H2,1-3H3. The lowest BCUT2D eigenvalue weighted by Gasteiger charge is -2.31. The molecule has 1 aliphatic rings. The Labute approximate surface area is 187 Å². The molecule has 2 nitrogen and oxygen atoms in total. The predicted octanol–water partition coefficient (Wildman–Crippen LogP) is 6.99. The van der Waals surface area contributed by atoms with Gasteiger partial charge in [-0.05, 0) is 49.4 Å². The van der Waals surface area contributed by atoms with E-state index in [1.54, 1.807) is 12.1 Å². The molecular weight excluding hydrogens is 411 g/mol. The van der Waals surface area contributed by atoms with E-state index in [1.165, 1.54) is 6.07 Å². The molecule has 0 spiro atoms. The number of benzene rings is 3. The van der Waals surface area contributed by atoms with Crippen LogP contribution in [0.1, 0.15) is 43.0 Å². The normalized spacial score (nSPS) is 13.9. The number of rotatable bonds is 3. The molecule has 0 aliphatic carbocycles. The minimum absolute atomic E-state index is 0.269. The highest BCUT2D eigenvalue weighted by Gasteiger charge is 2.30. The van der Waals surface area contributed by atoms with Crippen molar-refractivity contribution in [3.63, 3.8) is 0 Å². The molecule has 0 amide bonds. The lowest BCUT2D eigenvalue weighted by molar-refractivity contribution is 0.339. The maximum atomic E-state index is 14.5. The molecule has 3 aromatic rings. The molecule has 3 aromatic carbocycles. The highest BCUT2D eigenvalue weighted by molar-refractivity contribution is 6.32. The maximum absolute atomic E-state index is 14.5. The summed E-state index contributed by atoms with van der Waals surface area (Å²) < 4.78 is 26.3. The van der Waals surface area contributed by atoms with Gasteiger partial charge in [0.25, 0.3) is 0 Å². The van der Waals surface area contributed by atoms with Crippen LogP contribution in [0.25, 0.3) is 5.76 Å². The number of allylic oxidation sites excluding steroid dienone is 1. The van der Waals surface area contributed by atoms with Gasteiger partial charge >= 0.3 is 0 Å². The Morgan fingerprint density at radius 2 is 1.84 bits per heavy atom. The van der Waals surface area contributed by atoms with Crippen molar-refractivity contribution < 1.29 is 13.9 Å². The van der Waals surface area contributed by atoms with Gasteiger partial charge in [-0.2, -0.15) is 0 Å². The maximum Gasteiger partial charge on any atom is 0.136 e. The zero-order valence-corrected chi connectivity index (χ0v) is 18.4. The summed E-state index contributed by atoms with van der Waals surface area (Å²) in [5.41, 5.74) is 2.53. The molecule has 0 radical (unpaired) electrons. The summed E-state index contributed by atoms with van der Waals surface area (Å²) in [7, 11) is 0. The molecule has 156 valence electrons. The Morgan fingerprint density at radius 1 is 1.03 bits per heavy atom. The van der Waals surface area contributed by atoms with Crippen molar-refractivity contribution >= 4 is 17.4 Å². The van der Waals surface area contributed by atoms with Crippen LogP contribution >= 0.6 is 11.6 Å². The summed E-state index contributed by atoms with van der Waals surface area (Å²) in [4.78, 5) is 0. The van der Waals surface area contributed by atoms with Gasteiger partial charge in [-0.15, -0.1) is 0 Å². The molecule has 0 atom stereocenters. The summed E-state index contributed by atoms with van der Waals surface area (Å²) in [6.07, 6.45) is 1.91. The minimum Gasteiger partial charge on any atom is -0.493 e. The number of fused-ring (bicyclic) bond motifs is 1. The molecule has 0 N–H and O–H groups in total. The van der Waals surface area contributed by atoms with E-state index in [9.17, 15) is 4.39 Å². The Morgan fingerprint density at radius 3 is 2.61 bits per heavy atom. The Balaban J connectivity index is 1.71. The first-order chi connectivity index (χ1) is 14.9. The van der Waals surface area contributed by atoms with Gasteiger partial charge in [-0.3, -0.25) is 0 Å². The number of para-hydroxylation sites is 1. The fourth-order valence-corrected chi connectivity index (χ4v) is 3.87. The van der Waals surface area contributed by atoms with E-state index in [2.05, 4.69) is 25.7 Å². The van der Waals surface area contributed by atoms with E-state index in [1.807, 2.05) is 55.5 Å². The van der Waals surface area contributed by atoms with Crippen LogP contribution in [0.2, 0.25) is 5.02 Å². The minimum atomic E-state index is -0.415. The molecular formula is C27H22ClFO2. The van der Waals surface area contributed by atoms with Gasteiger partial charge in [-0.25, -0.2) is 4.39 Å². The van der Waals surface area contributed by atoms with Crippen molar-refractivity contribution in [2.45, 2.75) is 26.2 Å². The SMILES string of the molecule is CCOc1ccccc1C#Cc1ccc2c(c1)OC(c1c(F)cccc1Cl)=CC2(C)C. The zero-order valence-electron chi connectivity index (χ0n) is 17.6. The molecule has 1 heterocycles. The van der Waals surface area contributed by atoms with Crippen LogP contribution in [0.15, 0.2) is 66.7 Å². The van der Waals surface area contributed by atoms with Gasteiger partial charge in [0.05, 0.1) is 22.8 Å². The molecule has 1 aliphatic heterocycles. The second kappa shape index (κ2) is 8.49. The summed E-state index contributed by atoms with van der Waals surface area (Å²) in [5, 5.41) is 0.314. The quantitative estimate of drug-likeness (QED) is 0.415. The van der Waals surface area contributed by atoms with Gasteiger partial charge < -0.3 is 9.47 Å². The van der Waals surface area contributed by atoms with Crippen LogP contribution in [0.3, 0.4) is 0 Å². The van der Waals surface area contributed by atoms with E-state index < -0.39 is 5.82 Å². The van der Waals surface area contributed by atoms with E-state index in [4.69, 9.17) is 21.1 Å². The smallest absolute Gasteiger partial charge is 0.136 e. The number of hydrogen-bond acceptors (Lipinski definition) is 2. The third kappa shape index (κ3) is 4.31. The highest BCUT2D eigenvalue weighted by Crippen LogP contribution is 2.43. The van der Waals surface area contributed by atoms with Gasteiger partial charge in [0.1, 0.15) is 23.1 Å². The summed E-state index contributed by atoms with van der Waals surface area (Å²) in [6.45, 7) is 6.65. The van der Waals surface area contributed by atoms with Crippen molar-refractivity contribution in [3.8, 4) is 23.3 Å². The Kier molecular flexibility index (Phi) is 5.76. The lowest BCUT2D eigenvalue weighted by atomic mass is 9.81. The van der Waals surface area contributed by atoms with E-state index in [-0.39, 0.29) is 11.0 Å². The van der Waals surface area contributed by atoms with Gasteiger partial charge in [-0.1, -0.05) is 61.6 Å². The monoisotopic (exact) mass is 432 g/mol. The van der Waals surface area contributed by atoms with Crippen LogP contribution < -0.4 is 9.47 Å². The van der Waals surface area contributed by atoms with Crippen molar-refractivity contribution in [1.82, 2.24) is 0 Å². The number of hydrogen-bond donors (Lipinski definition) is 0. The Bertz CT molecular complexity index is 1210. The zero-order chi connectivity index (χ0) is 22.0. The summed E-state index contributed by atoms with van der Waals surface area (Å²) >= 11 is 6.28. The largest absolute Gasteiger partial charge is 0.493 e. The van der Waals surface area contributed by atoms with E-state index in [0.717, 1.165) is 22.4 Å². The number of ether oxygens (including phenoxy) is 2. The van der Waals surface area contributed by atoms with Crippen molar-refractivity contribution in [1.29, 1.82) is 0 Å². The molecule has 4 rings (SSSR count). The van der Waals surface area contributed by atoms with Crippen LogP contribution in [-0.2, 0) is 5.41 Å². The first-order valence-electron chi connectivity index (χ1n) is 10.1. The molecule has 0 saturated carbocycles. The molecule has 0 fully saturated rings. The first-order valence-corrected chi connectivity index (χ1v) is 10.5.